The van der Waals surface area contributed by atoms with Crippen LogP contribution in [-0.2, 0) is 13.1 Å². The van der Waals surface area contributed by atoms with Crippen molar-refractivity contribution in [1.29, 1.82) is 0 Å². The van der Waals surface area contributed by atoms with E-state index >= 15 is 0 Å². The van der Waals surface area contributed by atoms with Gasteiger partial charge in [0.2, 0.25) is 0 Å². The molecule has 0 radical (unpaired) electrons. The number of para-hydroxylation sites is 1. The van der Waals surface area contributed by atoms with Crippen molar-refractivity contribution in [1.82, 2.24) is 9.80 Å². The zero-order chi connectivity index (χ0) is 19.1. The molecule has 5 heteroatoms. The number of rotatable bonds is 9. The Morgan fingerprint density at radius 3 is 2.67 bits per heavy atom. The van der Waals surface area contributed by atoms with E-state index in [-0.39, 0.29) is 6.61 Å². The highest BCUT2D eigenvalue weighted by Gasteiger charge is 2.21. The first-order valence-electron chi connectivity index (χ1n) is 9.92. The average Bonchev–Trinajstić information content (AvgIpc) is 3.07. The summed E-state index contributed by atoms with van der Waals surface area (Å²) < 4.78 is 11.4. The summed E-state index contributed by atoms with van der Waals surface area (Å²) in [6.07, 6.45) is 2.46. The summed E-state index contributed by atoms with van der Waals surface area (Å²) in [5.41, 5.74) is 1.18. The molecule has 0 aliphatic carbocycles. The molecule has 0 saturated carbocycles. The van der Waals surface area contributed by atoms with Crippen molar-refractivity contribution in [2.24, 2.45) is 5.92 Å². The number of piperidine rings is 1. The molecule has 1 aromatic carbocycles. The first-order chi connectivity index (χ1) is 13.1. The van der Waals surface area contributed by atoms with Crippen LogP contribution in [0.15, 0.2) is 40.8 Å². The van der Waals surface area contributed by atoms with Gasteiger partial charge in [-0.1, -0.05) is 18.2 Å². The molecule has 2 heterocycles. The number of hydrogen-bond donors (Lipinski definition) is 1. The predicted molar refractivity (Wildman–Crippen MR) is 107 cm³/mol. The summed E-state index contributed by atoms with van der Waals surface area (Å²) in [6.45, 7) is 7.54. The first kappa shape index (κ1) is 19.9. The smallest absolute Gasteiger partial charge is 0.123 e. The fourth-order valence-corrected chi connectivity index (χ4v) is 3.84. The van der Waals surface area contributed by atoms with Crippen molar-refractivity contribution in [3.05, 3.63) is 53.5 Å². The zero-order valence-electron chi connectivity index (χ0n) is 16.6. The van der Waals surface area contributed by atoms with Gasteiger partial charge in [0.05, 0.1) is 13.2 Å². The monoisotopic (exact) mass is 372 g/mol. The Kier molecular flexibility index (Phi) is 7.33. The van der Waals surface area contributed by atoms with Gasteiger partial charge in [-0.25, -0.2) is 0 Å². The molecule has 5 nitrogen and oxygen atoms in total. The molecule has 3 rings (SSSR count). The van der Waals surface area contributed by atoms with Gasteiger partial charge in [0.15, 0.2) is 0 Å². The molecule has 1 aliphatic heterocycles. The lowest BCUT2D eigenvalue weighted by molar-refractivity contribution is 0.139. The lowest BCUT2D eigenvalue weighted by atomic mass is 9.96. The Morgan fingerprint density at radius 1 is 1.19 bits per heavy atom. The lowest BCUT2D eigenvalue weighted by Crippen LogP contribution is -2.37. The molecule has 0 unspecified atom stereocenters. The van der Waals surface area contributed by atoms with Gasteiger partial charge in [0.1, 0.15) is 23.9 Å². The summed E-state index contributed by atoms with van der Waals surface area (Å²) >= 11 is 0. The van der Waals surface area contributed by atoms with E-state index in [1.165, 1.54) is 18.4 Å². The second-order valence-corrected chi connectivity index (χ2v) is 7.61. The van der Waals surface area contributed by atoms with Crippen LogP contribution in [0.4, 0.5) is 0 Å². The van der Waals surface area contributed by atoms with Crippen molar-refractivity contribution >= 4 is 0 Å². The second kappa shape index (κ2) is 9.93. The van der Waals surface area contributed by atoms with E-state index in [2.05, 4.69) is 29.0 Å². The quantitative estimate of drug-likeness (QED) is 0.732. The lowest BCUT2D eigenvalue weighted by Gasteiger charge is -2.33. The fourth-order valence-electron chi connectivity index (χ4n) is 3.84. The van der Waals surface area contributed by atoms with Gasteiger partial charge in [0.25, 0.3) is 0 Å². The number of likely N-dealkylation sites (tertiary alicyclic amines) is 1. The SMILES string of the molecule is Cc1ccc(CN2CCC(CN(C)Cc3ccccc3OCCO)CC2)o1. The Bertz CT molecular complexity index is 692. The third-order valence-electron chi connectivity index (χ3n) is 5.21. The van der Waals surface area contributed by atoms with Crippen LogP contribution in [0.2, 0.25) is 0 Å². The molecule has 148 valence electrons. The normalized spacial score (nSPS) is 16.1. The molecule has 1 aromatic heterocycles. The van der Waals surface area contributed by atoms with Crippen molar-refractivity contribution < 1.29 is 14.3 Å². The number of nitrogens with zero attached hydrogens (tertiary/aromatic N) is 2. The topological polar surface area (TPSA) is 49.1 Å². The minimum absolute atomic E-state index is 0.0420. The minimum atomic E-state index is 0.0420. The molecule has 1 saturated heterocycles. The summed E-state index contributed by atoms with van der Waals surface area (Å²) in [5.74, 6) is 3.67. The molecule has 1 fully saturated rings. The van der Waals surface area contributed by atoms with E-state index in [1.54, 1.807) is 0 Å². The average molecular weight is 373 g/mol. The number of aryl methyl sites for hydroxylation is 1. The standard InChI is InChI=1S/C22H32N2O3/c1-18-7-8-21(27-18)17-24-11-9-19(10-12-24)15-23(2)16-20-5-3-4-6-22(20)26-14-13-25/h3-8,19,25H,9-17H2,1-2H3. The maximum atomic E-state index is 8.99. The third kappa shape index (κ3) is 6.09. The molecule has 0 atom stereocenters. The number of hydrogen-bond acceptors (Lipinski definition) is 5. The van der Waals surface area contributed by atoms with Crippen LogP contribution < -0.4 is 4.74 Å². The van der Waals surface area contributed by atoms with E-state index < -0.39 is 0 Å². The van der Waals surface area contributed by atoms with Crippen molar-refractivity contribution in [2.75, 3.05) is 39.9 Å². The van der Waals surface area contributed by atoms with Gasteiger partial charge in [-0.15, -0.1) is 0 Å². The van der Waals surface area contributed by atoms with Gasteiger partial charge < -0.3 is 19.2 Å². The van der Waals surface area contributed by atoms with Crippen LogP contribution in [0.3, 0.4) is 0 Å². The van der Waals surface area contributed by atoms with Crippen LogP contribution in [0.1, 0.15) is 29.9 Å². The summed E-state index contributed by atoms with van der Waals surface area (Å²) in [4.78, 5) is 4.88. The number of aliphatic hydroxyl groups excluding tert-OH is 1. The van der Waals surface area contributed by atoms with E-state index in [4.69, 9.17) is 14.3 Å². The van der Waals surface area contributed by atoms with Gasteiger partial charge in [-0.3, -0.25) is 4.90 Å². The molecule has 0 spiro atoms. The summed E-state index contributed by atoms with van der Waals surface area (Å²) in [7, 11) is 2.18. The van der Waals surface area contributed by atoms with Crippen molar-refractivity contribution in [2.45, 2.75) is 32.9 Å². The fraction of sp³-hybridized carbons (Fsp3) is 0.545. The van der Waals surface area contributed by atoms with E-state index in [9.17, 15) is 0 Å². The largest absolute Gasteiger partial charge is 0.491 e. The Labute approximate surface area is 162 Å². The minimum Gasteiger partial charge on any atom is -0.491 e. The molecule has 27 heavy (non-hydrogen) atoms. The molecular formula is C22H32N2O3. The van der Waals surface area contributed by atoms with E-state index in [1.807, 2.05) is 31.2 Å². The predicted octanol–water partition coefficient (Wildman–Crippen LogP) is 3.30. The van der Waals surface area contributed by atoms with Crippen LogP contribution >= 0.6 is 0 Å². The van der Waals surface area contributed by atoms with Gasteiger partial charge >= 0.3 is 0 Å². The van der Waals surface area contributed by atoms with Crippen LogP contribution in [0.5, 0.6) is 5.75 Å². The summed E-state index contributed by atoms with van der Waals surface area (Å²) in [6, 6.07) is 12.2. The first-order valence-corrected chi connectivity index (χ1v) is 9.92. The molecule has 0 bridgehead atoms. The van der Waals surface area contributed by atoms with E-state index in [0.29, 0.717) is 6.61 Å². The van der Waals surface area contributed by atoms with Gasteiger partial charge in [-0.05, 0) is 64.0 Å². The summed E-state index contributed by atoms with van der Waals surface area (Å²) in [5, 5.41) is 8.99. The zero-order valence-corrected chi connectivity index (χ0v) is 16.6. The highest BCUT2D eigenvalue weighted by atomic mass is 16.5. The Morgan fingerprint density at radius 2 is 1.96 bits per heavy atom. The number of benzene rings is 1. The molecule has 0 amide bonds. The molecule has 1 aliphatic rings. The van der Waals surface area contributed by atoms with Gasteiger partial charge in [-0.2, -0.15) is 0 Å². The number of furan rings is 1. The maximum Gasteiger partial charge on any atom is 0.123 e. The van der Waals surface area contributed by atoms with Crippen LogP contribution in [0.25, 0.3) is 0 Å². The molecule has 2 aromatic rings. The number of ether oxygens (including phenoxy) is 1. The van der Waals surface area contributed by atoms with Gasteiger partial charge in [0, 0.05) is 18.7 Å². The number of aliphatic hydroxyl groups is 1. The second-order valence-electron chi connectivity index (χ2n) is 7.61. The Balaban J connectivity index is 1.43. The van der Waals surface area contributed by atoms with Crippen LogP contribution in [-0.4, -0.2) is 54.8 Å². The molecular weight excluding hydrogens is 340 g/mol. The third-order valence-corrected chi connectivity index (χ3v) is 5.21. The Hall–Kier alpha value is -1.82. The molecule has 1 N–H and O–H groups in total. The van der Waals surface area contributed by atoms with E-state index in [0.717, 1.165) is 55.9 Å². The van der Waals surface area contributed by atoms with Crippen molar-refractivity contribution in [3.63, 3.8) is 0 Å². The highest BCUT2D eigenvalue weighted by molar-refractivity contribution is 5.33. The maximum absolute atomic E-state index is 8.99. The van der Waals surface area contributed by atoms with Crippen molar-refractivity contribution in [3.8, 4) is 5.75 Å². The highest BCUT2D eigenvalue weighted by Crippen LogP contribution is 2.23. The van der Waals surface area contributed by atoms with Crippen LogP contribution in [0, 0.1) is 12.8 Å².